The summed E-state index contributed by atoms with van der Waals surface area (Å²) in [6.07, 6.45) is 1.82. The van der Waals surface area contributed by atoms with Crippen LogP contribution in [0.2, 0.25) is 0 Å². The van der Waals surface area contributed by atoms with E-state index in [2.05, 4.69) is 5.32 Å². The van der Waals surface area contributed by atoms with Crippen LogP contribution in [-0.2, 0) is 9.53 Å². The lowest BCUT2D eigenvalue weighted by molar-refractivity contribution is -0.119. The van der Waals surface area contributed by atoms with E-state index in [9.17, 15) is 9.59 Å². The molecule has 1 amide bonds. The first kappa shape index (κ1) is 15.2. The topological polar surface area (TPSA) is 55.4 Å². The van der Waals surface area contributed by atoms with Crippen LogP contribution in [0.3, 0.4) is 0 Å². The summed E-state index contributed by atoms with van der Waals surface area (Å²) in [5.74, 6) is -0.431. The Bertz CT molecular complexity index is 443. The summed E-state index contributed by atoms with van der Waals surface area (Å²) in [5, 5.41) is 2.82. The quantitative estimate of drug-likeness (QED) is 0.802. The Morgan fingerprint density at radius 1 is 1.32 bits per heavy atom. The molecule has 1 aromatic carbocycles. The highest BCUT2D eigenvalue weighted by Gasteiger charge is 2.13. The largest absolute Gasteiger partial charge is 0.462 e. The van der Waals surface area contributed by atoms with E-state index in [0.717, 1.165) is 12.8 Å². The Kier molecular flexibility index (Phi) is 6.06. The number of nitrogens with one attached hydrogen (secondary N) is 1. The Morgan fingerprint density at radius 2 is 2.05 bits per heavy atom. The predicted molar refractivity (Wildman–Crippen MR) is 75.1 cm³/mol. The molecule has 1 N–H and O–H groups in total. The molecule has 1 aromatic rings. The number of anilines is 1. The molecule has 0 aromatic heterocycles. The molecule has 4 heteroatoms. The maximum Gasteiger partial charge on any atom is 0.338 e. The molecule has 0 unspecified atom stereocenters. The molecule has 0 radical (unpaired) electrons. The summed E-state index contributed by atoms with van der Waals surface area (Å²) in [6.45, 7) is 6.04. The highest BCUT2D eigenvalue weighted by molar-refractivity contribution is 5.95. The van der Waals surface area contributed by atoms with Crippen LogP contribution in [0.25, 0.3) is 0 Å². The van der Waals surface area contributed by atoms with Crippen molar-refractivity contribution in [2.45, 2.75) is 33.6 Å². The van der Waals surface area contributed by atoms with Gasteiger partial charge in [-0.1, -0.05) is 26.3 Å². The number of rotatable bonds is 6. The number of hydrogen-bond donors (Lipinski definition) is 1. The van der Waals surface area contributed by atoms with E-state index in [1.807, 2.05) is 13.8 Å². The van der Waals surface area contributed by atoms with Crippen molar-refractivity contribution in [3.63, 3.8) is 0 Å². The van der Waals surface area contributed by atoms with E-state index in [0.29, 0.717) is 17.9 Å². The number of amides is 1. The first-order valence-corrected chi connectivity index (χ1v) is 6.66. The fraction of sp³-hybridized carbons (Fsp3) is 0.467. The first-order chi connectivity index (χ1) is 9.08. The lowest BCUT2D eigenvalue weighted by Gasteiger charge is -2.11. The van der Waals surface area contributed by atoms with Crippen molar-refractivity contribution in [2.24, 2.45) is 5.92 Å². The number of carbonyl (C=O) groups excluding carboxylic acids is 2. The Hall–Kier alpha value is -1.84. The van der Waals surface area contributed by atoms with Crippen molar-refractivity contribution in [2.75, 3.05) is 11.9 Å². The summed E-state index contributed by atoms with van der Waals surface area (Å²) in [5.41, 5.74) is 1.07. The molecule has 1 rings (SSSR count). The van der Waals surface area contributed by atoms with Gasteiger partial charge >= 0.3 is 5.97 Å². The second-order valence-corrected chi connectivity index (χ2v) is 4.48. The van der Waals surface area contributed by atoms with Crippen molar-refractivity contribution >= 4 is 17.6 Å². The van der Waals surface area contributed by atoms with Gasteiger partial charge in [0.15, 0.2) is 0 Å². The van der Waals surface area contributed by atoms with Crippen molar-refractivity contribution in [1.82, 2.24) is 0 Å². The van der Waals surface area contributed by atoms with Gasteiger partial charge in [0, 0.05) is 11.6 Å². The normalized spacial score (nSPS) is 11.7. The van der Waals surface area contributed by atoms with Crippen LogP contribution in [0, 0.1) is 5.92 Å². The van der Waals surface area contributed by atoms with Crippen LogP contribution in [0.4, 0.5) is 5.69 Å². The molecule has 0 aliphatic carbocycles. The third-order valence-corrected chi connectivity index (χ3v) is 2.81. The second-order valence-electron chi connectivity index (χ2n) is 4.48. The predicted octanol–water partition coefficient (Wildman–Crippen LogP) is 3.24. The van der Waals surface area contributed by atoms with Crippen LogP contribution >= 0.6 is 0 Å². The second kappa shape index (κ2) is 7.56. The van der Waals surface area contributed by atoms with Gasteiger partial charge in [0.1, 0.15) is 0 Å². The lowest BCUT2D eigenvalue weighted by Crippen LogP contribution is -2.20. The molecule has 0 spiro atoms. The number of carbonyl (C=O) groups is 2. The van der Waals surface area contributed by atoms with E-state index in [-0.39, 0.29) is 17.8 Å². The van der Waals surface area contributed by atoms with E-state index in [1.165, 1.54) is 0 Å². The van der Waals surface area contributed by atoms with Crippen molar-refractivity contribution in [1.29, 1.82) is 0 Å². The molecule has 0 saturated carbocycles. The number of benzene rings is 1. The summed E-state index contributed by atoms with van der Waals surface area (Å²) in [4.78, 5) is 23.5. The van der Waals surface area contributed by atoms with E-state index in [4.69, 9.17) is 4.74 Å². The molecule has 104 valence electrons. The average molecular weight is 263 g/mol. The fourth-order valence-electron chi connectivity index (χ4n) is 1.77. The number of esters is 1. The van der Waals surface area contributed by atoms with Crippen LogP contribution in [0.5, 0.6) is 0 Å². The molecule has 1 atom stereocenters. The van der Waals surface area contributed by atoms with Crippen LogP contribution < -0.4 is 5.32 Å². The summed E-state index contributed by atoms with van der Waals surface area (Å²) in [7, 11) is 0. The number of hydrogen-bond acceptors (Lipinski definition) is 3. The number of ether oxygens (including phenoxy) is 1. The van der Waals surface area contributed by atoms with Gasteiger partial charge in [-0.05, 0) is 31.5 Å². The monoisotopic (exact) mass is 263 g/mol. The van der Waals surface area contributed by atoms with Gasteiger partial charge in [0.2, 0.25) is 5.91 Å². The standard InChI is InChI=1S/C15H21NO3/c1-4-7-11(3)14(17)16-13-9-6-8-12(10-13)15(18)19-5-2/h6,8-11H,4-5,7H2,1-3H3,(H,16,17)/t11-/m1/s1. The molecular formula is C15H21NO3. The van der Waals surface area contributed by atoms with Gasteiger partial charge in [0.05, 0.1) is 12.2 Å². The van der Waals surface area contributed by atoms with Crippen LogP contribution in [0.15, 0.2) is 24.3 Å². The average Bonchev–Trinajstić information content (AvgIpc) is 2.39. The molecule has 0 aliphatic rings. The van der Waals surface area contributed by atoms with E-state index in [1.54, 1.807) is 31.2 Å². The van der Waals surface area contributed by atoms with Crippen LogP contribution in [0.1, 0.15) is 44.0 Å². The molecule has 0 bridgehead atoms. The Balaban J connectivity index is 2.72. The summed E-state index contributed by atoms with van der Waals surface area (Å²) < 4.78 is 4.92. The molecule has 0 saturated heterocycles. The third-order valence-electron chi connectivity index (χ3n) is 2.81. The SMILES string of the molecule is CCC[C@@H](C)C(=O)Nc1cccc(C(=O)OCC)c1. The molecule has 0 fully saturated rings. The van der Waals surface area contributed by atoms with Gasteiger partial charge in [-0.15, -0.1) is 0 Å². The fourth-order valence-corrected chi connectivity index (χ4v) is 1.77. The minimum Gasteiger partial charge on any atom is -0.462 e. The molecule has 4 nitrogen and oxygen atoms in total. The third kappa shape index (κ3) is 4.73. The van der Waals surface area contributed by atoms with Gasteiger partial charge in [0.25, 0.3) is 0 Å². The zero-order chi connectivity index (χ0) is 14.3. The Labute approximate surface area is 114 Å². The minimum atomic E-state index is -0.375. The van der Waals surface area contributed by atoms with E-state index < -0.39 is 0 Å². The maximum atomic E-state index is 11.9. The first-order valence-electron chi connectivity index (χ1n) is 6.66. The van der Waals surface area contributed by atoms with Gasteiger partial charge in [-0.2, -0.15) is 0 Å². The summed E-state index contributed by atoms with van der Waals surface area (Å²) >= 11 is 0. The highest BCUT2D eigenvalue weighted by atomic mass is 16.5. The van der Waals surface area contributed by atoms with Crippen molar-refractivity contribution in [3.05, 3.63) is 29.8 Å². The zero-order valence-corrected chi connectivity index (χ0v) is 11.7. The van der Waals surface area contributed by atoms with Gasteiger partial charge in [-0.25, -0.2) is 4.79 Å². The van der Waals surface area contributed by atoms with Gasteiger partial charge in [-0.3, -0.25) is 4.79 Å². The molecule has 19 heavy (non-hydrogen) atoms. The highest BCUT2D eigenvalue weighted by Crippen LogP contribution is 2.14. The molecule has 0 aliphatic heterocycles. The zero-order valence-electron chi connectivity index (χ0n) is 11.7. The van der Waals surface area contributed by atoms with Crippen LogP contribution in [-0.4, -0.2) is 18.5 Å². The molecular weight excluding hydrogens is 242 g/mol. The van der Waals surface area contributed by atoms with E-state index >= 15 is 0 Å². The van der Waals surface area contributed by atoms with Crippen molar-refractivity contribution < 1.29 is 14.3 Å². The lowest BCUT2D eigenvalue weighted by atomic mass is 10.1. The maximum absolute atomic E-state index is 11.9. The smallest absolute Gasteiger partial charge is 0.338 e. The molecule has 0 heterocycles. The van der Waals surface area contributed by atoms with Crippen molar-refractivity contribution in [3.8, 4) is 0 Å². The summed E-state index contributed by atoms with van der Waals surface area (Å²) in [6, 6.07) is 6.79. The minimum absolute atomic E-state index is 0.0251. The van der Waals surface area contributed by atoms with Gasteiger partial charge < -0.3 is 10.1 Å². The Morgan fingerprint density at radius 3 is 2.68 bits per heavy atom.